The maximum absolute atomic E-state index is 6.06. The van der Waals surface area contributed by atoms with Crippen molar-refractivity contribution in [3.63, 3.8) is 0 Å². The Morgan fingerprint density at radius 3 is 3.06 bits per heavy atom. The van der Waals surface area contributed by atoms with Gasteiger partial charge in [0.1, 0.15) is 0 Å². The molecular formula is C12H16ClNO2. The third-order valence-corrected chi connectivity index (χ3v) is 3.15. The fourth-order valence-electron chi connectivity index (χ4n) is 2.16. The molecule has 88 valence electrons. The maximum atomic E-state index is 6.06. The summed E-state index contributed by atoms with van der Waals surface area (Å²) in [4.78, 5) is 0. The van der Waals surface area contributed by atoms with E-state index in [0.29, 0.717) is 23.2 Å². The van der Waals surface area contributed by atoms with E-state index in [2.05, 4.69) is 0 Å². The van der Waals surface area contributed by atoms with E-state index in [9.17, 15) is 0 Å². The Bertz CT molecular complexity index is 382. The fourth-order valence-corrected chi connectivity index (χ4v) is 2.37. The third-order valence-electron chi connectivity index (χ3n) is 2.94. The summed E-state index contributed by atoms with van der Waals surface area (Å²) in [5.41, 5.74) is 6.75. The van der Waals surface area contributed by atoms with E-state index in [1.807, 2.05) is 6.07 Å². The second kappa shape index (κ2) is 4.93. The summed E-state index contributed by atoms with van der Waals surface area (Å²) in [5.74, 6) is 1.97. The smallest absolute Gasteiger partial charge is 0.164 e. The number of hydrogen-bond donors (Lipinski definition) is 1. The van der Waals surface area contributed by atoms with Crippen LogP contribution in [0.3, 0.4) is 0 Å². The first-order valence-corrected chi connectivity index (χ1v) is 5.84. The van der Waals surface area contributed by atoms with E-state index >= 15 is 0 Å². The zero-order valence-corrected chi connectivity index (χ0v) is 10.1. The molecule has 16 heavy (non-hydrogen) atoms. The average Bonchev–Trinajstić information content (AvgIpc) is 2.29. The van der Waals surface area contributed by atoms with Crippen molar-refractivity contribution in [2.24, 2.45) is 5.73 Å². The van der Waals surface area contributed by atoms with Crippen molar-refractivity contribution in [1.29, 1.82) is 0 Å². The Labute approximate surface area is 100 Å². The minimum Gasteiger partial charge on any atom is -0.493 e. The summed E-state index contributed by atoms with van der Waals surface area (Å²) in [6, 6.07) is 3.74. The topological polar surface area (TPSA) is 44.5 Å². The Kier molecular flexibility index (Phi) is 3.56. The van der Waals surface area contributed by atoms with E-state index in [0.717, 1.165) is 30.8 Å². The van der Waals surface area contributed by atoms with E-state index in [1.54, 1.807) is 13.2 Å². The number of ether oxygens (including phenoxy) is 2. The summed E-state index contributed by atoms with van der Waals surface area (Å²) in [6.07, 6.45) is 1.95. The molecule has 1 heterocycles. The quantitative estimate of drug-likeness (QED) is 0.885. The summed E-state index contributed by atoms with van der Waals surface area (Å²) >= 11 is 6.06. The molecule has 0 radical (unpaired) electrons. The van der Waals surface area contributed by atoms with Crippen LogP contribution in [0, 0.1) is 0 Å². The van der Waals surface area contributed by atoms with Gasteiger partial charge in [-0.3, -0.25) is 0 Å². The molecule has 0 amide bonds. The van der Waals surface area contributed by atoms with Crippen LogP contribution >= 0.6 is 11.6 Å². The summed E-state index contributed by atoms with van der Waals surface area (Å²) in [7, 11) is 1.63. The Balaban J connectivity index is 2.42. The molecular weight excluding hydrogens is 226 g/mol. The van der Waals surface area contributed by atoms with Crippen LogP contribution in [-0.4, -0.2) is 20.3 Å². The maximum Gasteiger partial charge on any atom is 0.164 e. The number of methoxy groups -OCH3 is 1. The molecule has 1 aromatic carbocycles. The first-order valence-electron chi connectivity index (χ1n) is 5.46. The Hall–Kier alpha value is -0.930. The van der Waals surface area contributed by atoms with Crippen LogP contribution in [0.5, 0.6) is 11.5 Å². The van der Waals surface area contributed by atoms with Crippen LogP contribution in [0.2, 0.25) is 5.02 Å². The molecule has 3 nitrogen and oxygen atoms in total. The van der Waals surface area contributed by atoms with Crippen LogP contribution in [0.15, 0.2) is 12.1 Å². The molecule has 1 atom stereocenters. The SMILES string of the molecule is COc1cc(Cl)cc2c1OCCC2CCN. The van der Waals surface area contributed by atoms with Gasteiger partial charge in [-0.15, -0.1) is 0 Å². The van der Waals surface area contributed by atoms with Crippen molar-refractivity contribution in [2.75, 3.05) is 20.3 Å². The molecule has 0 aliphatic carbocycles. The molecule has 1 aliphatic heterocycles. The molecule has 2 N–H and O–H groups in total. The molecule has 1 aliphatic rings. The Morgan fingerprint density at radius 2 is 2.38 bits per heavy atom. The normalized spacial score (nSPS) is 18.8. The van der Waals surface area contributed by atoms with Crippen molar-refractivity contribution >= 4 is 11.6 Å². The zero-order valence-electron chi connectivity index (χ0n) is 9.33. The Morgan fingerprint density at radius 1 is 1.56 bits per heavy atom. The van der Waals surface area contributed by atoms with E-state index in [-0.39, 0.29) is 0 Å². The average molecular weight is 242 g/mol. The summed E-state index contributed by atoms with van der Waals surface area (Å²) in [6.45, 7) is 1.40. The summed E-state index contributed by atoms with van der Waals surface area (Å²) < 4.78 is 10.9. The van der Waals surface area contributed by atoms with Gasteiger partial charge in [0.25, 0.3) is 0 Å². The monoisotopic (exact) mass is 241 g/mol. The third kappa shape index (κ3) is 2.11. The minimum atomic E-state index is 0.432. The predicted molar refractivity (Wildman–Crippen MR) is 64.5 cm³/mol. The lowest BCUT2D eigenvalue weighted by atomic mass is 9.90. The van der Waals surface area contributed by atoms with Gasteiger partial charge in [-0.25, -0.2) is 0 Å². The van der Waals surface area contributed by atoms with E-state index in [4.69, 9.17) is 26.8 Å². The molecule has 0 fully saturated rings. The van der Waals surface area contributed by atoms with Crippen molar-refractivity contribution in [1.82, 2.24) is 0 Å². The van der Waals surface area contributed by atoms with Crippen molar-refractivity contribution in [3.05, 3.63) is 22.7 Å². The van der Waals surface area contributed by atoms with E-state index < -0.39 is 0 Å². The molecule has 0 bridgehead atoms. The number of halogens is 1. The highest BCUT2D eigenvalue weighted by molar-refractivity contribution is 6.30. The standard InChI is InChI=1S/C12H16ClNO2/c1-15-11-7-9(13)6-10-8(2-4-14)3-5-16-12(10)11/h6-8H,2-5,14H2,1H3. The molecule has 0 saturated heterocycles. The number of benzene rings is 1. The highest BCUT2D eigenvalue weighted by Crippen LogP contribution is 2.43. The van der Waals surface area contributed by atoms with Crippen LogP contribution in [-0.2, 0) is 0 Å². The zero-order chi connectivity index (χ0) is 11.5. The minimum absolute atomic E-state index is 0.432. The second-order valence-electron chi connectivity index (χ2n) is 3.94. The molecule has 1 unspecified atom stereocenters. The lowest BCUT2D eigenvalue weighted by Gasteiger charge is -2.27. The van der Waals surface area contributed by atoms with E-state index in [1.165, 1.54) is 0 Å². The van der Waals surface area contributed by atoms with Gasteiger partial charge < -0.3 is 15.2 Å². The van der Waals surface area contributed by atoms with Gasteiger partial charge in [-0.1, -0.05) is 11.6 Å². The lowest BCUT2D eigenvalue weighted by molar-refractivity contribution is 0.249. The molecule has 4 heteroatoms. The first-order chi connectivity index (χ1) is 7.76. The van der Waals surface area contributed by atoms with Gasteiger partial charge in [-0.05, 0) is 31.4 Å². The highest BCUT2D eigenvalue weighted by Gasteiger charge is 2.24. The molecule has 2 rings (SSSR count). The highest BCUT2D eigenvalue weighted by atomic mass is 35.5. The number of nitrogens with two attached hydrogens (primary N) is 1. The van der Waals surface area contributed by atoms with Gasteiger partial charge in [0.2, 0.25) is 0 Å². The largest absolute Gasteiger partial charge is 0.493 e. The van der Waals surface area contributed by atoms with Gasteiger partial charge in [0, 0.05) is 16.7 Å². The second-order valence-corrected chi connectivity index (χ2v) is 4.37. The lowest BCUT2D eigenvalue weighted by Crippen LogP contribution is -2.17. The van der Waals surface area contributed by atoms with Crippen molar-refractivity contribution in [2.45, 2.75) is 18.8 Å². The first kappa shape index (κ1) is 11.6. The van der Waals surface area contributed by atoms with Gasteiger partial charge >= 0.3 is 0 Å². The van der Waals surface area contributed by atoms with Gasteiger partial charge in [0.05, 0.1) is 13.7 Å². The van der Waals surface area contributed by atoms with Gasteiger partial charge in [-0.2, -0.15) is 0 Å². The van der Waals surface area contributed by atoms with Crippen LogP contribution < -0.4 is 15.2 Å². The van der Waals surface area contributed by atoms with Crippen LogP contribution in [0.4, 0.5) is 0 Å². The van der Waals surface area contributed by atoms with Gasteiger partial charge in [0.15, 0.2) is 11.5 Å². The molecule has 0 spiro atoms. The van der Waals surface area contributed by atoms with Crippen LogP contribution in [0.25, 0.3) is 0 Å². The summed E-state index contributed by atoms with van der Waals surface area (Å²) in [5, 5.41) is 0.683. The molecule has 0 aromatic heterocycles. The molecule has 0 saturated carbocycles. The fraction of sp³-hybridized carbons (Fsp3) is 0.500. The number of rotatable bonds is 3. The molecule has 1 aromatic rings. The van der Waals surface area contributed by atoms with Crippen molar-refractivity contribution < 1.29 is 9.47 Å². The van der Waals surface area contributed by atoms with Crippen LogP contribution in [0.1, 0.15) is 24.3 Å². The predicted octanol–water partition coefficient (Wildman–Crippen LogP) is 2.56. The van der Waals surface area contributed by atoms with Crippen molar-refractivity contribution in [3.8, 4) is 11.5 Å². The number of hydrogen-bond acceptors (Lipinski definition) is 3. The number of fused-ring (bicyclic) bond motifs is 1.